The minimum atomic E-state index is -0.545. The van der Waals surface area contributed by atoms with Crippen molar-refractivity contribution in [2.45, 2.75) is 33.4 Å². The average molecular weight is 395 g/mol. The molecule has 3 aromatic rings. The molecular weight excluding hydrogens is 370 g/mol. The third-order valence-corrected chi connectivity index (χ3v) is 4.37. The molecule has 0 saturated heterocycles. The highest BCUT2D eigenvalue weighted by Crippen LogP contribution is 2.31. The Morgan fingerprint density at radius 2 is 1.86 bits per heavy atom. The predicted molar refractivity (Wildman–Crippen MR) is 110 cm³/mol. The Bertz CT molecular complexity index is 969. The van der Waals surface area contributed by atoms with Crippen LogP contribution in [0.5, 0.6) is 5.75 Å². The Kier molecular flexibility index (Phi) is 6.56. The number of methoxy groups -OCH3 is 1. The number of tetrazole rings is 1. The topological polar surface area (TPSA) is 91.2 Å². The van der Waals surface area contributed by atoms with Crippen LogP contribution in [0.2, 0.25) is 0 Å². The molecule has 8 nitrogen and oxygen atoms in total. The number of amides is 1. The number of aryl methyl sites for hydroxylation is 2. The molecule has 29 heavy (non-hydrogen) atoms. The number of ether oxygens (including phenoxy) is 2. The summed E-state index contributed by atoms with van der Waals surface area (Å²) in [5.74, 6) is 1.02. The summed E-state index contributed by atoms with van der Waals surface area (Å²) in [5, 5.41) is 14.6. The molecule has 1 atom stereocenters. The molecule has 0 saturated carbocycles. The van der Waals surface area contributed by atoms with Gasteiger partial charge in [0.05, 0.1) is 12.6 Å². The van der Waals surface area contributed by atoms with Gasteiger partial charge in [0.2, 0.25) is 0 Å². The standard InChI is InChI=1S/C21H25N5O3/c1-5-26-20(23-24-25-26)18-10-17(16-8-6-14(2)7-9-16)11-19(12-18)29-21(27)22-15(3)13-28-4/h6-12,15H,5,13H2,1-4H3,(H,22,27). The molecular formula is C21H25N5O3. The Labute approximate surface area is 169 Å². The van der Waals surface area contributed by atoms with Gasteiger partial charge in [-0.05, 0) is 60.5 Å². The SMILES string of the molecule is CCn1nnnc1-c1cc(OC(=O)NC(C)COC)cc(-c2ccc(C)cc2)c1. The van der Waals surface area contributed by atoms with Crippen LogP contribution in [-0.2, 0) is 11.3 Å². The van der Waals surface area contributed by atoms with E-state index in [9.17, 15) is 4.79 Å². The molecule has 1 N–H and O–H groups in total. The quantitative estimate of drug-likeness (QED) is 0.659. The Morgan fingerprint density at radius 3 is 2.55 bits per heavy atom. The first-order valence-electron chi connectivity index (χ1n) is 9.46. The molecule has 0 fully saturated rings. The van der Waals surface area contributed by atoms with Gasteiger partial charge in [-0.1, -0.05) is 29.8 Å². The number of rotatable bonds is 7. The van der Waals surface area contributed by atoms with Crippen LogP contribution >= 0.6 is 0 Å². The molecule has 0 radical (unpaired) electrons. The van der Waals surface area contributed by atoms with Gasteiger partial charge in [0.1, 0.15) is 5.75 Å². The van der Waals surface area contributed by atoms with Crippen LogP contribution in [0.3, 0.4) is 0 Å². The lowest BCUT2D eigenvalue weighted by Gasteiger charge is -2.14. The fourth-order valence-electron chi connectivity index (χ4n) is 2.95. The van der Waals surface area contributed by atoms with Crippen LogP contribution in [0, 0.1) is 6.92 Å². The first-order chi connectivity index (χ1) is 14.0. The highest BCUT2D eigenvalue weighted by Gasteiger charge is 2.15. The van der Waals surface area contributed by atoms with E-state index in [0.29, 0.717) is 24.7 Å². The summed E-state index contributed by atoms with van der Waals surface area (Å²) in [6.45, 7) is 6.87. The summed E-state index contributed by atoms with van der Waals surface area (Å²) in [5.41, 5.74) is 3.84. The summed E-state index contributed by atoms with van der Waals surface area (Å²) in [6, 6.07) is 13.5. The molecule has 0 spiro atoms. The van der Waals surface area contributed by atoms with Gasteiger partial charge < -0.3 is 14.8 Å². The number of carbonyl (C=O) groups excluding carboxylic acids is 1. The number of hydrogen-bond acceptors (Lipinski definition) is 6. The first-order valence-corrected chi connectivity index (χ1v) is 9.46. The van der Waals surface area contributed by atoms with Crippen molar-refractivity contribution in [2.24, 2.45) is 0 Å². The summed E-state index contributed by atoms with van der Waals surface area (Å²) < 4.78 is 12.3. The first kappa shape index (κ1) is 20.5. The average Bonchev–Trinajstić information content (AvgIpc) is 3.17. The van der Waals surface area contributed by atoms with E-state index >= 15 is 0 Å². The van der Waals surface area contributed by atoms with Gasteiger partial charge in [0, 0.05) is 19.2 Å². The smallest absolute Gasteiger partial charge is 0.410 e. The van der Waals surface area contributed by atoms with E-state index in [4.69, 9.17) is 9.47 Å². The molecule has 0 aliphatic heterocycles. The van der Waals surface area contributed by atoms with E-state index in [1.807, 2.05) is 57.2 Å². The van der Waals surface area contributed by atoms with Crippen LogP contribution in [0.15, 0.2) is 42.5 Å². The van der Waals surface area contributed by atoms with Gasteiger partial charge in [-0.25, -0.2) is 9.48 Å². The zero-order chi connectivity index (χ0) is 20.8. The Balaban J connectivity index is 1.96. The van der Waals surface area contributed by atoms with E-state index in [1.165, 1.54) is 5.56 Å². The van der Waals surface area contributed by atoms with E-state index in [2.05, 4.69) is 20.8 Å². The zero-order valence-corrected chi connectivity index (χ0v) is 17.0. The minimum Gasteiger partial charge on any atom is -0.410 e. The molecule has 1 heterocycles. The monoisotopic (exact) mass is 395 g/mol. The number of benzene rings is 2. The second-order valence-electron chi connectivity index (χ2n) is 6.82. The lowest BCUT2D eigenvalue weighted by atomic mass is 10.0. The molecule has 1 aromatic heterocycles. The summed E-state index contributed by atoms with van der Waals surface area (Å²) in [4.78, 5) is 12.3. The Hall–Kier alpha value is -3.26. The largest absolute Gasteiger partial charge is 0.412 e. The fourth-order valence-corrected chi connectivity index (χ4v) is 2.95. The van der Waals surface area contributed by atoms with Gasteiger partial charge in [0.15, 0.2) is 5.82 Å². The highest BCUT2D eigenvalue weighted by atomic mass is 16.6. The molecule has 1 amide bonds. The van der Waals surface area contributed by atoms with E-state index < -0.39 is 6.09 Å². The predicted octanol–water partition coefficient (Wildman–Crippen LogP) is 3.46. The molecule has 2 aromatic carbocycles. The maximum absolute atomic E-state index is 12.3. The van der Waals surface area contributed by atoms with Crippen LogP contribution in [0.1, 0.15) is 19.4 Å². The molecule has 3 rings (SSSR count). The fraction of sp³-hybridized carbons (Fsp3) is 0.333. The molecule has 152 valence electrons. The zero-order valence-electron chi connectivity index (χ0n) is 17.0. The summed E-state index contributed by atoms with van der Waals surface area (Å²) in [6.07, 6.45) is -0.545. The van der Waals surface area contributed by atoms with Crippen molar-refractivity contribution >= 4 is 6.09 Å². The summed E-state index contributed by atoms with van der Waals surface area (Å²) >= 11 is 0. The Morgan fingerprint density at radius 1 is 1.14 bits per heavy atom. The van der Waals surface area contributed by atoms with Gasteiger partial charge in [-0.2, -0.15) is 0 Å². The third kappa shape index (κ3) is 5.17. The maximum Gasteiger partial charge on any atom is 0.412 e. The van der Waals surface area contributed by atoms with Crippen molar-refractivity contribution in [2.75, 3.05) is 13.7 Å². The lowest BCUT2D eigenvalue weighted by molar-refractivity contribution is 0.159. The van der Waals surface area contributed by atoms with Gasteiger partial charge in [0.25, 0.3) is 0 Å². The van der Waals surface area contributed by atoms with Crippen molar-refractivity contribution in [1.29, 1.82) is 0 Å². The van der Waals surface area contributed by atoms with Gasteiger partial charge >= 0.3 is 6.09 Å². The third-order valence-electron chi connectivity index (χ3n) is 4.37. The number of carbonyl (C=O) groups is 1. The molecule has 0 aliphatic carbocycles. The van der Waals surface area contributed by atoms with E-state index in [0.717, 1.165) is 16.7 Å². The lowest BCUT2D eigenvalue weighted by Crippen LogP contribution is -2.37. The van der Waals surface area contributed by atoms with Crippen LogP contribution < -0.4 is 10.1 Å². The van der Waals surface area contributed by atoms with Crippen LogP contribution in [0.25, 0.3) is 22.5 Å². The molecule has 0 aliphatic rings. The number of aromatic nitrogens is 4. The minimum absolute atomic E-state index is 0.167. The molecule has 0 bridgehead atoms. The van der Waals surface area contributed by atoms with Crippen molar-refractivity contribution in [3.05, 3.63) is 48.0 Å². The number of hydrogen-bond donors (Lipinski definition) is 1. The summed E-state index contributed by atoms with van der Waals surface area (Å²) in [7, 11) is 1.58. The van der Waals surface area contributed by atoms with E-state index in [-0.39, 0.29) is 6.04 Å². The van der Waals surface area contributed by atoms with Gasteiger partial charge in [-0.3, -0.25) is 0 Å². The molecule has 8 heteroatoms. The van der Waals surface area contributed by atoms with Crippen molar-refractivity contribution < 1.29 is 14.3 Å². The van der Waals surface area contributed by atoms with Crippen LogP contribution in [-0.4, -0.2) is 46.1 Å². The number of nitrogens with one attached hydrogen (secondary N) is 1. The van der Waals surface area contributed by atoms with Crippen molar-refractivity contribution in [3.8, 4) is 28.3 Å². The van der Waals surface area contributed by atoms with Crippen molar-refractivity contribution in [1.82, 2.24) is 25.5 Å². The second-order valence-corrected chi connectivity index (χ2v) is 6.82. The van der Waals surface area contributed by atoms with Gasteiger partial charge in [-0.15, -0.1) is 5.10 Å². The molecule has 1 unspecified atom stereocenters. The van der Waals surface area contributed by atoms with E-state index in [1.54, 1.807) is 17.9 Å². The van der Waals surface area contributed by atoms with Crippen molar-refractivity contribution in [3.63, 3.8) is 0 Å². The maximum atomic E-state index is 12.3. The normalized spacial score (nSPS) is 11.9. The van der Waals surface area contributed by atoms with Crippen LogP contribution in [0.4, 0.5) is 4.79 Å². The number of nitrogens with zero attached hydrogens (tertiary/aromatic N) is 4. The second kappa shape index (κ2) is 9.29. The highest BCUT2D eigenvalue weighted by molar-refractivity contribution is 5.76.